The van der Waals surface area contributed by atoms with Gasteiger partial charge in [-0.2, -0.15) is 4.52 Å². The van der Waals surface area contributed by atoms with Gasteiger partial charge in [0.15, 0.2) is 11.5 Å². The number of aliphatic hydroxyl groups is 1. The number of rotatable bonds is 5. The Morgan fingerprint density at radius 1 is 0.962 bits per heavy atom. The van der Waals surface area contributed by atoms with Crippen LogP contribution in [0, 0.1) is 5.82 Å². The van der Waals surface area contributed by atoms with Crippen molar-refractivity contribution >= 4 is 11.5 Å². The minimum Gasteiger partial charge on any atom is -0.394 e. The molecule has 2 N–H and O–H groups in total. The predicted octanol–water partition coefficient (Wildman–Crippen LogP) is 3.08. The van der Waals surface area contributed by atoms with E-state index in [1.54, 1.807) is 30.3 Å². The van der Waals surface area contributed by atoms with Crippen molar-refractivity contribution in [3.63, 3.8) is 0 Å². The normalized spacial score (nSPS) is 12.2. The molecule has 7 heteroatoms. The Morgan fingerprint density at radius 3 is 2.50 bits per heavy atom. The number of fused-ring (bicyclic) bond motifs is 1. The minimum absolute atomic E-state index is 0.0912. The number of hydrogen-bond donors (Lipinski definition) is 2. The van der Waals surface area contributed by atoms with E-state index in [2.05, 4.69) is 20.6 Å². The van der Waals surface area contributed by atoms with Crippen LogP contribution in [-0.4, -0.2) is 31.5 Å². The smallest absolute Gasteiger partial charge is 0.188 e. The summed E-state index contributed by atoms with van der Waals surface area (Å²) < 4.78 is 15.6. The number of halogens is 1. The van der Waals surface area contributed by atoms with E-state index in [4.69, 9.17) is 0 Å². The van der Waals surface area contributed by atoms with Gasteiger partial charge in [-0.25, -0.2) is 4.39 Å². The van der Waals surface area contributed by atoms with E-state index < -0.39 is 0 Å². The first-order valence-corrected chi connectivity index (χ1v) is 8.16. The van der Waals surface area contributed by atoms with Crippen molar-refractivity contribution < 1.29 is 9.50 Å². The van der Waals surface area contributed by atoms with Crippen molar-refractivity contribution in [2.45, 2.75) is 6.04 Å². The number of benzene rings is 2. The van der Waals surface area contributed by atoms with Crippen LogP contribution >= 0.6 is 0 Å². The Balaban J connectivity index is 1.71. The molecular formula is C19H16FN5O. The predicted molar refractivity (Wildman–Crippen MR) is 96.1 cm³/mol. The minimum atomic E-state index is -0.389. The van der Waals surface area contributed by atoms with Crippen LogP contribution in [0.2, 0.25) is 0 Å². The second-order valence-corrected chi connectivity index (χ2v) is 5.78. The molecule has 0 saturated heterocycles. The molecule has 4 aromatic rings. The largest absolute Gasteiger partial charge is 0.394 e. The number of nitrogens with one attached hydrogen (secondary N) is 1. The first kappa shape index (κ1) is 16.2. The zero-order valence-electron chi connectivity index (χ0n) is 13.7. The molecule has 0 saturated carbocycles. The summed E-state index contributed by atoms with van der Waals surface area (Å²) in [6.45, 7) is -0.0912. The third-order valence-electron chi connectivity index (χ3n) is 4.08. The second-order valence-electron chi connectivity index (χ2n) is 5.78. The molecular weight excluding hydrogens is 333 g/mol. The Morgan fingerprint density at radius 2 is 1.73 bits per heavy atom. The molecule has 2 aromatic carbocycles. The summed E-state index contributed by atoms with van der Waals surface area (Å²) in [5.74, 6) is 0.458. The van der Waals surface area contributed by atoms with Gasteiger partial charge in [-0.05, 0) is 29.8 Å². The summed E-state index contributed by atoms with van der Waals surface area (Å²) >= 11 is 0. The van der Waals surface area contributed by atoms with Crippen molar-refractivity contribution in [2.24, 2.45) is 0 Å². The molecule has 0 bridgehead atoms. The summed E-state index contributed by atoms with van der Waals surface area (Å²) in [6.07, 6.45) is 0. The molecule has 4 rings (SSSR count). The third-order valence-corrected chi connectivity index (χ3v) is 4.08. The van der Waals surface area contributed by atoms with Gasteiger partial charge in [0.05, 0.1) is 18.2 Å². The number of aromatic nitrogens is 4. The molecule has 0 fully saturated rings. The summed E-state index contributed by atoms with van der Waals surface area (Å²) in [5.41, 5.74) is 1.77. The Bertz CT molecular complexity index is 1030. The van der Waals surface area contributed by atoms with E-state index in [0.717, 1.165) is 5.56 Å². The van der Waals surface area contributed by atoms with Crippen LogP contribution in [0.1, 0.15) is 11.6 Å². The van der Waals surface area contributed by atoms with Crippen molar-refractivity contribution in [3.8, 4) is 11.4 Å². The lowest BCUT2D eigenvalue weighted by molar-refractivity contribution is 0.276. The highest BCUT2D eigenvalue weighted by molar-refractivity contribution is 5.60. The average molecular weight is 349 g/mol. The highest BCUT2D eigenvalue weighted by atomic mass is 19.1. The molecule has 26 heavy (non-hydrogen) atoms. The van der Waals surface area contributed by atoms with Crippen LogP contribution in [0.3, 0.4) is 0 Å². The lowest BCUT2D eigenvalue weighted by Gasteiger charge is -2.17. The maximum absolute atomic E-state index is 14.1. The fraction of sp³-hybridized carbons (Fsp3) is 0.105. The molecule has 2 heterocycles. The first-order valence-electron chi connectivity index (χ1n) is 8.16. The molecule has 0 aliphatic heterocycles. The molecule has 0 spiro atoms. The fourth-order valence-electron chi connectivity index (χ4n) is 2.77. The Kier molecular flexibility index (Phi) is 4.28. The number of nitrogens with zero attached hydrogens (tertiary/aromatic N) is 4. The maximum Gasteiger partial charge on any atom is 0.188 e. The van der Waals surface area contributed by atoms with Gasteiger partial charge in [-0.3, -0.25) is 0 Å². The van der Waals surface area contributed by atoms with Crippen LogP contribution < -0.4 is 5.32 Å². The summed E-state index contributed by atoms with van der Waals surface area (Å²) in [7, 11) is 0. The molecule has 1 atom stereocenters. The van der Waals surface area contributed by atoms with E-state index in [0.29, 0.717) is 22.9 Å². The molecule has 0 radical (unpaired) electrons. The Hall–Kier alpha value is -3.32. The van der Waals surface area contributed by atoms with Gasteiger partial charge in [-0.15, -0.1) is 15.3 Å². The van der Waals surface area contributed by atoms with Crippen molar-refractivity contribution in [1.82, 2.24) is 19.8 Å². The molecule has 2 aromatic heterocycles. The van der Waals surface area contributed by atoms with Crippen LogP contribution in [0.4, 0.5) is 10.2 Å². The monoisotopic (exact) mass is 349 g/mol. The quantitative estimate of drug-likeness (QED) is 0.579. The zero-order valence-corrected chi connectivity index (χ0v) is 13.7. The molecule has 0 amide bonds. The highest BCUT2D eigenvalue weighted by Gasteiger charge is 2.15. The van der Waals surface area contributed by atoms with Crippen LogP contribution in [0.15, 0.2) is 66.7 Å². The van der Waals surface area contributed by atoms with E-state index >= 15 is 0 Å². The molecule has 0 aliphatic rings. The molecule has 0 aliphatic carbocycles. The topological polar surface area (TPSA) is 75.3 Å². The van der Waals surface area contributed by atoms with E-state index in [1.165, 1.54) is 10.6 Å². The number of anilines is 1. The molecule has 130 valence electrons. The lowest BCUT2D eigenvalue weighted by atomic mass is 10.1. The zero-order chi connectivity index (χ0) is 17.9. The summed E-state index contributed by atoms with van der Waals surface area (Å²) in [6, 6.07) is 19.1. The van der Waals surface area contributed by atoms with Crippen LogP contribution in [0.5, 0.6) is 0 Å². The van der Waals surface area contributed by atoms with Gasteiger partial charge in [0.2, 0.25) is 0 Å². The number of aliphatic hydroxyl groups excluding tert-OH is 1. The summed E-state index contributed by atoms with van der Waals surface area (Å²) in [4.78, 5) is 0. The second kappa shape index (κ2) is 6.89. The molecule has 6 nitrogen and oxygen atoms in total. The summed E-state index contributed by atoms with van der Waals surface area (Å²) in [5, 5.41) is 25.5. The third kappa shape index (κ3) is 3.00. The average Bonchev–Trinajstić information content (AvgIpc) is 3.10. The van der Waals surface area contributed by atoms with Gasteiger partial charge in [0.25, 0.3) is 0 Å². The van der Waals surface area contributed by atoms with Gasteiger partial charge < -0.3 is 10.4 Å². The Labute approximate surface area is 148 Å². The first-order chi connectivity index (χ1) is 12.8. The van der Waals surface area contributed by atoms with Gasteiger partial charge in [-0.1, -0.05) is 42.5 Å². The standard InChI is InChI=1S/C19H16FN5O/c20-15-9-5-4-8-14(15)19-23-22-18-11-10-17(24-25(18)19)21-16(12-26)13-6-2-1-3-7-13/h1-11,16,26H,12H2,(H,21,24). The maximum atomic E-state index is 14.1. The van der Waals surface area contributed by atoms with Gasteiger partial charge >= 0.3 is 0 Å². The molecule has 1 unspecified atom stereocenters. The van der Waals surface area contributed by atoms with Gasteiger partial charge in [0.1, 0.15) is 11.6 Å². The van der Waals surface area contributed by atoms with E-state index in [-0.39, 0.29) is 18.5 Å². The van der Waals surface area contributed by atoms with Crippen LogP contribution in [-0.2, 0) is 0 Å². The highest BCUT2D eigenvalue weighted by Crippen LogP contribution is 2.22. The fourth-order valence-corrected chi connectivity index (χ4v) is 2.77. The van der Waals surface area contributed by atoms with Gasteiger partial charge in [0, 0.05) is 0 Å². The number of hydrogen-bond acceptors (Lipinski definition) is 5. The van der Waals surface area contributed by atoms with Crippen molar-refractivity contribution in [1.29, 1.82) is 0 Å². The lowest BCUT2D eigenvalue weighted by Crippen LogP contribution is -2.16. The van der Waals surface area contributed by atoms with Crippen molar-refractivity contribution in [3.05, 3.63) is 78.1 Å². The van der Waals surface area contributed by atoms with Crippen LogP contribution in [0.25, 0.3) is 17.0 Å². The SMILES string of the molecule is OCC(Nc1ccc2nnc(-c3ccccc3F)n2n1)c1ccccc1. The van der Waals surface area contributed by atoms with Crippen molar-refractivity contribution in [2.75, 3.05) is 11.9 Å². The van der Waals surface area contributed by atoms with E-state index in [9.17, 15) is 9.50 Å². The van der Waals surface area contributed by atoms with E-state index in [1.807, 2.05) is 30.3 Å².